The maximum Gasteiger partial charge on any atom is 0.257 e. The van der Waals surface area contributed by atoms with Crippen LogP contribution in [0.4, 0.5) is 11.6 Å². The van der Waals surface area contributed by atoms with Gasteiger partial charge in [0.15, 0.2) is 17.7 Å². The Hall–Kier alpha value is -4.01. The first-order valence-electron chi connectivity index (χ1n) is 10.3. The van der Waals surface area contributed by atoms with Crippen molar-refractivity contribution in [2.75, 3.05) is 31.0 Å². The molecule has 1 unspecified atom stereocenters. The van der Waals surface area contributed by atoms with Gasteiger partial charge < -0.3 is 19.5 Å². The summed E-state index contributed by atoms with van der Waals surface area (Å²) in [5.41, 5.74) is 3.30. The van der Waals surface area contributed by atoms with Crippen LogP contribution < -0.4 is 25.2 Å². The van der Waals surface area contributed by atoms with E-state index in [9.17, 15) is 9.90 Å². The monoisotopic (exact) mass is 433 g/mol. The molecule has 1 atom stereocenters. The Morgan fingerprint density at radius 1 is 1.12 bits per heavy atom. The predicted octanol–water partition coefficient (Wildman–Crippen LogP) is 2.67. The minimum absolute atomic E-state index is 0.111. The number of rotatable bonds is 3. The highest BCUT2D eigenvalue weighted by molar-refractivity contribution is 6.06. The lowest BCUT2D eigenvalue weighted by molar-refractivity contribution is 0.338. The normalized spacial score (nSPS) is 16.7. The maximum atomic E-state index is 13.0. The molecule has 0 saturated heterocycles. The Bertz CT molecular complexity index is 1270. The number of phenolic OH excluding ortho intramolecular Hbond substituents is 1. The first-order chi connectivity index (χ1) is 15.5. The summed E-state index contributed by atoms with van der Waals surface area (Å²) in [4.78, 5) is 24.5. The Balaban J connectivity index is 1.69. The molecule has 2 N–H and O–H groups in total. The molecule has 0 bridgehead atoms. The topological polar surface area (TPSA) is 101 Å². The Kier molecular flexibility index (Phi) is 4.73. The average Bonchev–Trinajstić information content (AvgIpc) is 3.22. The predicted molar refractivity (Wildman–Crippen MR) is 121 cm³/mol. The van der Waals surface area contributed by atoms with Gasteiger partial charge in [0, 0.05) is 29.6 Å². The molecule has 164 valence electrons. The van der Waals surface area contributed by atoms with Gasteiger partial charge in [0.25, 0.3) is 5.56 Å². The van der Waals surface area contributed by atoms with Crippen molar-refractivity contribution in [3.05, 3.63) is 69.6 Å². The molecular weight excluding hydrogens is 410 g/mol. The number of aryl methyl sites for hydroxylation is 1. The summed E-state index contributed by atoms with van der Waals surface area (Å²) in [5, 5.41) is 13.6. The quantitative estimate of drug-likeness (QED) is 0.655. The SMILES string of the molecule is COc1cc(C2N=C(N3CCc4ccccc43)Nc3nc(C)cc(=O)n32)cc(OC)c1O. The van der Waals surface area contributed by atoms with Crippen molar-refractivity contribution in [3.63, 3.8) is 0 Å². The zero-order valence-corrected chi connectivity index (χ0v) is 18.0. The number of anilines is 2. The zero-order valence-electron chi connectivity index (χ0n) is 18.0. The number of phenols is 1. The van der Waals surface area contributed by atoms with Gasteiger partial charge in [0.05, 0.1) is 14.2 Å². The van der Waals surface area contributed by atoms with Crippen molar-refractivity contribution in [1.82, 2.24) is 9.55 Å². The number of para-hydroxylation sites is 1. The van der Waals surface area contributed by atoms with E-state index in [0.29, 0.717) is 23.2 Å². The fourth-order valence-electron chi connectivity index (χ4n) is 4.22. The number of aromatic hydroxyl groups is 1. The molecule has 1 aromatic heterocycles. The highest BCUT2D eigenvalue weighted by atomic mass is 16.5. The fraction of sp³-hybridized carbons (Fsp3) is 0.261. The van der Waals surface area contributed by atoms with Crippen LogP contribution in [0.1, 0.15) is 23.0 Å². The average molecular weight is 433 g/mol. The molecular formula is C23H23N5O4. The summed E-state index contributed by atoms with van der Waals surface area (Å²) in [6.45, 7) is 2.54. The summed E-state index contributed by atoms with van der Waals surface area (Å²) >= 11 is 0. The molecule has 0 radical (unpaired) electrons. The van der Waals surface area contributed by atoms with Gasteiger partial charge in [-0.2, -0.15) is 0 Å². The molecule has 32 heavy (non-hydrogen) atoms. The van der Waals surface area contributed by atoms with E-state index in [4.69, 9.17) is 14.5 Å². The molecule has 2 aromatic carbocycles. The van der Waals surface area contributed by atoms with Crippen LogP contribution in [0.15, 0.2) is 52.3 Å². The minimum Gasteiger partial charge on any atom is -0.502 e. The number of guanidine groups is 1. The van der Waals surface area contributed by atoms with Crippen LogP contribution in [0.25, 0.3) is 0 Å². The van der Waals surface area contributed by atoms with E-state index < -0.39 is 6.17 Å². The van der Waals surface area contributed by atoms with Crippen molar-refractivity contribution in [3.8, 4) is 17.2 Å². The van der Waals surface area contributed by atoms with Gasteiger partial charge in [0.1, 0.15) is 0 Å². The second-order valence-electron chi connectivity index (χ2n) is 7.69. The molecule has 0 fully saturated rings. The number of nitrogens with one attached hydrogen (secondary N) is 1. The fourth-order valence-corrected chi connectivity index (χ4v) is 4.22. The molecule has 5 rings (SSSR count). The number of hydrogen-bond acceptors (Lipinski definition) is 8. The summed E-state index contributed by atoms with van der Waals surface area (Å²) in [6.07, 6.45) is 0.175. The largest absolute Gasteiger partial charge is 0.502 e. The molecule has 2 aliphatic heterocycles. The summed E-state index contributed by atoms with van der Waals surface area (Å²) in [5.74, 6) is 1.36. The summed E-state index contributed by atoms with van der Waals surface area (Å²) in [6, 6.07) is 13.0. The molecule has 0 saturated carbocycles. The molecule has 0 spiro atoms. The van der Waals surface area contributed by atoms with Crippen LogP contribution in [0.5, 0.6) is 17.2 Å². The van der Waals surface area contributed by atoms with Crippen LogP contribution in [0.3, 0.4) is 0 Å². The number of nitrogens with zero attached hydrogens (tertiary/aromatic N) is 4. The van der Waals surface area contributed by atoms with E-state index in [1.165, 1.54) is 30.4 Å². The van der Waals surface area contributed by atoms with Gasteiger partial charge in [-0.1, -0.05) is 18.2 Å². The molecule has 9 heteroatoms. The molecule has 3 heterocycles. The number of methoxy groups -OCH3 is 2. The Labute approximate surface area is 184 Å². The van der Waals surface area contributed by atoms with E-state index in [0.717, 1.165) is 18.7 Å². The first-order valence-corrected chi connectivity index (χ1v) is 10.3. The van der Waals surface area contributed by atoms with Gasteiger partial charge in [-0.15, -0.1) is 0 Å². The molecule has 0 amide bonds. The number of benzene rings is 2. The van der Waals surface area contributed by atoms with Crippen molar-refractivity contribution >= 4 is 17.6 Å². The van der Waals surface area contributed by atoms with E-state index in [2.05, 4.69) is 27.3 Å². The third kappa shape index (κ3) is 3.13. The lowest BCUT2D eigenvalue weighted by Gasteiger charge is -2.31. The summed E-state index contributed by atoms with van der Waals surface area (Å²) < 4.78 is 12.1. The Morgan fingerprint density at radius 3 is 2.56 bits per heavy atom. The second-order valence-corrected chi connectivity index (χ2v) is 7.69. The highest BCUT2D eigenvalue weighted by Gasteiger charge is 2.31. The summed E-state index contributed by atoms with van der Waals surface area (Å²) in [7, 11) is 2.92. The van der Waals surface area contributed by atoms with Gasteiger partial charge in [-0.25, -0.2) is 9.98 Å². The number of ether oxygens (including phenoxy) is 2. The van der Waals surface area contributed by atoms with Crippen LogP contribution in [0.2, 0.25) is 0 Å². The minimum atomic E-state index is -0.724. The van der Waals surface area contributed by atoms with Crippen LogP contribution in [-0.2, 0) is 6.42 Å². The first kappa shape index (κ1) is 19.9. The zero-order chi connectivity index (χ0) is 22.4. The molecule has 2 aliphatic rings. The molecule has 3 aromatic rings. The molecule has 0 aliphatic carbocycles. The lowest BCUT2D eigenvalue weighted by atomic mass is 10.1. The van der Waals surface area contributed by atoms with E-state index >= 15 is 0 Å². The van der Waals surface area contributed by atoms with Crippen molar-refractivity contribution < 1.29 is 14.6 Å². The highest BCUT2D eigenvalue weighted by Crippen LogP contribution is 2.41. The standard InChI is InChI=1S/C23H23N5O4/c1-13-10-19(29)28-21(15-11-17(31-2)20(30)18(12-15)32-3)25-22(26-23(28)24-13)27-9-8-14-6-4-5-7-16(14)27/h4-7,10-12,21,30H,8-9H2,1-3H3,(H,24,25,26). The Morgan fingerprint density at radius 2 is 1.84 bits per heavy atom. The number of hydrogen-bond donors (Lipinski definition) is 2. The maximum absolute atomic E-state index is 13.0. The van der Waals surface area contributed by atoms with E-state index in [-0.39, 0.29) is 22.8 Å². The van der Waals surface area contributed by atoms with Crippen LogP contribution in [-0.4, -0.2) is 41.4 Å². The van der Waals surface area contributed by atoms with Gasteiger partial charge >= 0.3 is 0 Å². The van der Waals surface area contributed by atoms with Crippen molar-refractivity contribution in [2.24, 2.45) is 4.99 Å². The van der Waals surface area contributed by atoms with Crippen LogP contribution >= 0.6 is 0 Å². The molecule has 9 nitrogen and oxygen atoms in total. The number of aromatic nitrogens is 2. The number of aliphatic imine (C=N–C) groups is 1. The van der Waals surface area contributed by atoms with Crippen molar-refractivity contribution in [2.45, 2.75) is 19.5 Å². The number of fused-ring (bicyclic) bond motifs is 2. The third-order valence-electron chi connectivity index (χ3n) is 5.74. The smallest absolute Gasteiger partial charge is 0.257 e. The second kappa shape index (κ2) is 7.60. The van der Waals surface area contributed by atoms with Crippen molar-refractivity contribution in [1.29, 1.82) is 0 Å². The van der Waals surface area contributed by atoms with Gasteiger partial charge in [-0.3, -0.25) is 14.7 Å². The van der Waals surface area contributed by atoms with E-state index in [1.807, 2.05) is 12.1 Å². The van der Waals surface area contributed by atoms with Gasteiger partial charge in [0.2, 0.25) is 17.7 Å². The van der Waals surface area contributed by atoms with E-state index in [1.54, 1.807) is 19.1 Å². The van der Waals surface area contributed by atoms with Crippen LogP contribution in [0, 0.1) is 6.92 Å². The third-order valence-corrected chi connectivity index (χ3v) is 5.74. The van der Waals surface area contributed by atoms with Gasteiger partial charge in [-0.05, 0) is 37.1 Å². The lowest BCUT2D eigenvalue weighted by Crippen LogP contribution is -2.43.